The van der Waals surface area contributed by atoms with E-state index in [1.54, 1.807) is 0 Å². The smallest absolute Gasteiger partial charge is 0.368 e. The van der Waals surface area contributed by atoms with E-state index in [-0.39, 0.29) is 57.3 Å². The number of hydrogen-bond acceptors (Lipinski definition) is 3. The molecule has 0 heterocycles. The molecule has 0 rings (SSSR count). The van der Waals surface area contributed by atoms with Crippen molar-refractivity contribution in [2.45, 2.75) is 0 Å². The van der Waals surface area contributed by atoms with E-state index in [1.165, 1.54) is 12.4 Å². The molecule has 0 aliphatic carbocycles. The number of hydrogen-bond donors (Lipinski definition) is 2. The van der Waals surface area contributed by atoms with Gasteiger partial charge in [0.05, 0.1) is 0 Å². The summed E-state index contributed by atoms with van der Waals surface area (Å²) in [6, 6.07) is 0. The second-order valence-electron chi connectivity index (χ2n) is 0.834. The Kier molecular flexibility index (Phi) is 10.2. The molecule has 0 aliphatic rings. The van der Waals surface area contributed by atoms with Crippen molar-refractivity contribution in [1.29, 1.82) is 10.5 Å². The van der Waals surface area contributed by atoms with Crippen LogP contribution in [0.2, 0.25) is 0 Å². The van der Waals surface area contributed by atoms with Gasteiger partial charge in [-0.3, -0.25) is 5.32 Å². The summed E-state index contributed by atoms with van der Waals surface area (Å²) in [6.07, 6.45) is 2.90. The van der Waals surface area contributed by atoms with Crippen LogP contribution in [0, 0.1) is 22.9 Å². The standard InChI is InChI=1S/C3H3N5.K/c4-1-7-3(6)8-2-5;/h(H3,6,7,8);/q;+1. The number of nitrogens with one attached hydrogen (secondary N) is 1. The molecular weight excluding hydrogens is 145 g/mol. The largest absolute Gasteiger partial charge is 1.00 e. The predicted molar refractivity (Wildman–Crippen MR) is 26.0 cm³/mol. The van der Waals surface area contributed by atoms with E-state index >= 15 is 0 Å². The van der Waals surface area contributed by atoms with E-state index in [1.807, 2.05) is 5.32 Å². The summed E-state index contributed by atoms with van der Waals surface area (Å²) in [5.41, 5.74) is 4.89. The van der Waals surface area contributed by atoms with E-state index in [0.717, 1.165) is 0 Å². The quantitative estimate of drug-likeness (QED) is 0.120. The van der Waals surface area contributed by atoms with Gasteiger partial charge in [0, 0.05) is 0 Å². The van der Waals surface area contributed by atoms with Gasteiger partial charge in [-0.2, -0.15) is 10.5 Å². The first-order valence-electron chi connectivity index (χ1n) is 1.68. The number of guanidine groups is 1. The maximum Gasteiger partial charge on any atom is 1.00 e. The molecule has 0 atom stereocenters. The van der Waals surface area contributed by atoms with Gasteiger partial charge in [-0.15, -0.1) is 4.99 Å². The first kappa shape index (κ1) is 11.7. The summed E-state index contributed by atoms with van der Waals surface area (Å²) in [5, 5.41) is 17.6. The zero-order valence-corrected chi connectivity index (χ0v) is 8.04. The molecule has 0 unspecified atom stereocenters. The molecule has 6 heteroatoms. The van der Waals surface area contributed by atoms with Crippen LogP contribution in [0.25, 0.3) is 0 Å². The van der Waals surface area contributed by atoms with Crippen LogP contribution in [0.5, 0.6) is 0 Å². The fraction of sp³-hybridized carbons (Fsp3) is 0. The minimum absolute atomic E-state index is 0. The summed E-state index contributed by atoms with van der Waals surface area (Å²) in [6.45, 7) is 0. The minimum Gasteiger partial charge on any atom is -0.368 e. The van der Waals surface area contributed by atoms with Gasteiger partial charge in [-0.1, -0.05) is 0 Å². The fourth-order valence-electron chi connectivity index (χ4n) is 0.139. The Hall–Kier alpha value is -0.114. The van der Waals surface area contributed by atoms with Crippen LogP contribution in [0.4, 0.5) is 0 Å². The van der Waals surface area contributed by atoms with Crippen molar-refractivity contribution >= 4 is 5.96 Å². The number of nitrogens with two attached hydrogens (primary N) is 1. The average Bonchev–Trinajstić information content (AvgIpc) is 1.68. The van der Waals surface area contributed by atoms with Gasteiger partial charge in [-0.25, -0.2) is 0 Å². The normalized spacial score (nSPS) is 8.00. The SMILES string of the molecule is N#CN=C(N)NC#N.[K+]. The maximum atomic E-state index is 7.83. The zero-order chi connectivity index (χ0) is 6.41. The molecule has 40 valence electrons. The summed E-state index contributed by atoms with van der Waals surface area (Å²) >= 11 is 0. The van der Waals surface area contributed by atoms with Gasteiger partial charge in [0.25, 0.3) is 0 Å². The van der Waals surface area contributed by atoms with E-state index in [0.29, 0.717) is 0 Å². The van der Waals surface area contributed by atoms with Crippen molar-refractivity contribution in [2.24, 2.45) is 10.7 Å². The Balaban J connectivity index is 0. The third-order valence-corrected chi connectivity index (χ3v) is 0.354. The van der Waals surface area contributed by atoms with Crippen LogP contribution in [0.3, 0.4) is 0 Å². The van der Waals surface area contributed by atoms with Gasteiger partial charge in [0.1, 0.15) is 0 Å². The first-order valence-corrected chi connectivity index (χ1v) is 1.68. The Labute approximate surface area is 95.0 Å². The van der Waals surface area contributed by atoms with E-state index in [2.05, 4.69) is 4.99 Å². The molecule has 9 heavy (non-hydrogen) atoms. The van der Waals surface area contributed by atoms with Crippen LogP contribution in [-0.2, 0) is 0 Å². The molecule has 0 aromatic heterocycles. The van der Waals surface area contributed by atoms with Crippen molar-refractivity contribution in [3.05, 3.63) is 0 Å². The molecule has 3 N–H and O–H groups in total. The van der Waals surface area contributed by atoms with Crippen LogP contribution in [0.15, 0.2) is 4.99 Å². The Morgan fingerprint density at radius 3 is 2.44 bits per heavy atom. The predicted octanol–water partition coefficient (Wildman–Crippen LogP) is -4.14. The molecule has 0 aliphatic heterocycles. The molecule has 0 saturated heterocycles. The molecule has 0 spiro atoms. The van der Waals surface area contributed by atoms with Crippen LogP contribution < -0.4 is 62.4 Å². The van der Waals surface area contributed by atoms with Crippen molar-refractivity contribution in [3.8, 4) is 12.4 Å². The third kappa shape index (κ3) is 7.89. The van der Waals surface area contributed by atoms with Gasteiger partial charge in [-0.05, 0) is 0 Å². The van der Waals surface area contributed by atoms with Gasteiger partial charge < -0.3 is 5.73 Å². The molecule has 0 radical (unpaired) electrons. The van der Waals surface area contributed by atoms with Crippen LogP contribution in [0.1, 0.15) is 0 Å². The van der Waals surface area contributed by atoms with Crippen molar-refractivity contribution < 1.29 is 51.4 Å². The average molecular weight is 148 g/mol. The Morgan fingerprint density at radius 2 is 2.11 bits per heavy atom. The molecule has 0 amide bonds. The molecule has 0 bridgehead atoms. The monoisotopic (exact) mass is 148 g/mol. The topological polar surface area (TPSA) is 98.0 Å². The zero-order valence-electron chi connectivity index (χ0n) is 4.92. The van der Waals surface area contributed by atoms with E-state index in [4.69, 9.17) is 16.3 Å². The molecule has 0 aromatic rings. The summed E-state index contributed by atoms with van der Waals surface area (Å²) < 4.78 is 0. The van der Waals surface area contributed by atoms with Crippen LogP contribution >= 0.6 is 0 Å². The second kappa shape index (κ2) is 7.89. The maximum absolute atomic E-state index is 7.83. The van der Waals surface area contributed by atoms with Crippen LogP contribution in [-0.4, -0.2) is 5.96 Å². The number of rotatable bonds is 0. The second-order valence-corrected chi connectivity index (χ2v) is 0.834. The third-order valence-electron chi connectivity index (χ3n) is 0.354. The first-order chi connectivity index (χ1) is 3.81. The number of aliphatic imine (C=N–C) groups is 1. The summed E-state index contributed by atoms with van der Waals surface area (Å²) in [5.74, 6) is -0.185. The Morgan fingerprint density at radius 1 is 1.56 bits per heavy atom. The van der Waals surface area contributed by atoms with Gasteiger partial charge in [0.15, 0.2) is 6.19 Å². The van der Waals surface area contributed by atoms with Crippen molar-refractivity contribution in [1.82, 2.24) is 5.32 Å². The molecule has 0 fully saturated rings. The van der Waals surface area contributed by atoms with E-state index in [9.17, 15) is 0 Å². The summed E-state index contributed by atoms with van der Waals surface area (Å²) in [4.78, 5) is 2.98. The minimum atomic E-state index is -0.185. The molecule has 0 saturated carbocycles. The van der Waals surface area contributed by atoms with Crippen molar-refractivity contribution in [3.63, 3.8) is 0 Å². The molecule has 5 nitrogen and oxygen atoms in total. The van der Waals surface area contributed by atoms with Gasteiger partial charge >= 0.3 is 51.4 Å². The molecular formula is C3H3KN5+. The van der Waals surface area contributed by atoms with Crippen molar-refractivity contribution in [2.75, 3.05) is 0 Å². The summed E-state index contributed by atoms with van der Waals surface area (Å²) in [7, 11) is 0. The number of nitrogens with zero attached hydrogens (tertiary/aromatic N) is 3. The Bertz CT molecular complexity index is 172. The number of nitriles is 2. The molecule has 0 aromatic carbocycles. The van der Waals surface area contributed by atoms with Gasteiger partial charge in [0.2, 0.25) is 12.2 Å². The van der Waals surface area contributed by atoms with E-state index < -0.39 is 0 Å². The fourth-order valence-corrected chi connectivity index (χ4v) is 0.139.